The molecule has 2 aromatic heterocycles. The highest BCUT2D eigenvalue weighted by atomic mass is 35.5. The summed E-state index contributed by atoms with van der Waals surface area (Å²) in [6.07, 6.45) is 6.66. The first-order chi connectivity index (χ1) is 13.5. The van der Waals surface area contributed by atoms with E-state index in [0.717, 1.165) is 30.2 Å². The number of primary amides is 1. The number of urea groups is 1. The normalized spacial score (nSPS) is 22.6. The van der Waals surface area contributed by atoms with Gasteiger partial charge in [-0.2, -0.15) is 0 Å². The molecule has 28 heavy (non-hydrogen) atoms. The number of nitrogens with two attached hydrogens (primary N) is 1. The third kappa shape index (κ3) is 3.89. The van der Waals surface area contributed by atoms with Crippen molar-refractivity contribution < 1.29 is 9.18 Å². The lowest BCUT2D eigenvalue weighted by Crippen LogP contribution is -2.46. The standard InChI is InChI=1S/C18H21ClFN7O/c19-9-4-12-13(7-23-15(12)22-6-9)16-24-8-14(20)17(27-16)25-10-2-1-3-11(5-10)26-18(21)28/h4,6-7,10-11,25H,1-3,5,8H2,(H,22,23)(H,24,27)(H3,21,26,28)/t10-,11+/m0/s1. The molecule has 2 aromatic rings. The van der Waals surface area contributed by atoms with E-state index < -0.39 is 6.03 Å². The maximum absolute atomic E-state index is 14.4. The zero-order chi connectivity index (χ0) is 19.7. The second-order valence-corrected chi connectivity index (χ2v) is 7.47. The molecule has 2 atom stereocenters. The van der Waals surface area contributed by atoms with Gasteiger partial charge in [0.2, 0.25) is 0 Å². The number of nitrogens with one attached hydrogen (secondary N) is 4. The Hall–Kier alpha value is -2.81. The maximum Gasteiger partial charge on any atom is 0.312 e. The lowest BCUT2D eigenvalue weighted by Gasteiger charge is -2.31. The van der Waals surface area contributed by atoms with Crippen LogP contribution in [0.3, 0.4) is 0 Å². The molecule has 1 saturated carbocycles. The van der Waals surface area contributed by atoms with Crippen LogP contribution in [0.2, 0.25) is 5.02 Å². The molecule has 0 spiro atoms. The van der Waals surface area contributed by atoms with E-state index in [2.05, 4.69) is 30.9 Å². The van der Waals surface area contributed by atoms with E-state index in [1.54, 1.807) is 18.5 Å². The van der Waals surface area contributed by atoms with Crippen LogP contribution < -0.4 is 21.7 Å². The Morgan fingerprint density at radius 3 is 3.00 bits per heavy atom. The Kier molecular flexibility index (Phi) is 5.08. The number of aromatic nitrogens is 2. The lowest BCUT2D eigenvalue weighted by molar-refractivity contribution is 0.237. The molecule has 1 fully saturated rings. The predicted molar refractivity (Wildman–Crippen MR) is 106 cm³/mol. The molecular formula is C18H21ClFN7O. The summed E-state index contributed by atoms with van der Waals surface area (Å²) in [6, 6.07) is 1.25. The third-order valence-electron chi connectivity index (χ3n) is 5.01. The number of aliphatic imine (C=N–C) groups is 1. The van der Waals surface area contributed by atoms with Crippen molar-refractivity contribution >= 4 is 34.5 Å². The molecule has 10 heteroatoms. The van der Waals surface area contributed by atoms with Crippen molar-refractivity contribution in [2.24, 2.45) is 10.7 Å². The minimum Gasteiger partial charge on any atom is -0.365 e. The van der Waals surface area contributed by atoms with Crippen molar-refractivity contribution in [1.29, 1.82) is 0 Å². The predicted octanol–water partition coefficient (Wildman–Crippen LogP) is 2.27. The van der Waals surface area contributed by atoms with Crippen LogP contribution in [-0.4, -0.2) is 40.5 Å². The number of carbonyl (C=O) groups excluding carboxylic acids is 1. The van der Waals surface area contributed by atoms with Crippen LogP contribution in [0.5, 0.6) is 0 Å². The fourth-order valence-corrected chi connectivity index (χ4v) is 3.90. The number of pyridine rings is 1. The van der Waals surface area contributed by atoms with Gasteiger partial charge in [0.1, 0.15) is 11.5 Å². The van der Waals surface area contributed by atoms with Crippen LogP contribution in [0.15, 0.2) is 35.1 Å². The highest BCUT2D eigenvalue weighted by molar-refractivity contribution is 6.31. The number of fused-ring (bicyclic) bond motifs is 1. The number of amidine groups is 1. The average molecular weight is 406 g/mol. The Labute approximate surface area is 165 Å². The first kappa shape index (κ1) is 18.5. The topological polar surface area (TPSA) is 120 Å². The van der Waals surface area contributed by atoms with Crippen molar-refractivity contribution in [3.05, 3.63) is 40.7 Å². The van der Waals surface area contributed by atoms with Crippen molar-refractivity contribution in [2.45, 2.75) is 37.8 Å². The van der Waals surface area contributed by atoms with Crippen LogP contribution >= 0.6 is 11.6 Å². The Morgan fingerprint density at radius 2 is 2.18 bits per heavy atom. The van der Waals surface area contributed by atoms with E-state index in [-0.39, 0.29) is 30.3 Å². The highest BCUT2D eigenvalue weighted by Crippen LogP contribution is 2.24. The fraction of sp³-hybridized carbons (Fsp3) is 0.389. The fourth-order valence-electron chi connectivity index (χ4n) is 3.74. The molecule has 2 amide bonds. The van der Waals surface area contributed by atoms with Gasteiger partial charge in [0.15, 0.2) is 11.6 Å². The van der Waals surface area contributed by atoms with Gasteiger partial charge >= 0.3 is 6.03 Å². The zero-order valence-electron chi connectivity index (χ0n) is 15.1. The van der Waals surface area contributed by atoms with Crippen LogP contribution in [0, 0.1) is 0 Å². The minimum atomic E-state index is -0.537. The molecule has 1 aliphatic heterocycles. The summed E-state index contributed by atoms with van der Waals surface area (Å²) in [5.41, 5.74) is 6.67. The first-order valence-electron chi connectivity index (χ1n) is 9.16. The Bertz CT molecular complexity index is 970. The largest absolute Gasteiger partial charge is 0.365 e. The molecule has 0 unspecified atom stereocenters. The van der Waals surface area contributed by atoms with Crippen LogP contribution in [0.1, 0.15) is 31.2 Å². The van der Waals surface area contributed by atoms with Crippen molar-refractivity contribution in [1.82, 2.24) is 25.9 Å². The minimum absolute atomic E-state index is 0.00790. The first-order valence-corrected chi connectivity index (χ1v) is 9.54. The summed E-state index contributed by atoms with van der Waals surface area (Å²) < 4.78 is 14.4. The van der Waals surface area contributed by atoms with E-state index in [1.807, 2.05) is 0 Å². The van der Waals surface area contributed by atoms with Crippen LogP contribution in [0.4, 0.5) is 9.18 Å². The molecule has 0 aromatic carbocycles. The number of aromatic amines is 1. The lowest BCUT2D eigenvalue weighted by atomic mass is 9.91. The van der Waals surface area contributed by atoms with Crippen LogP contribution in [0.25, 0.3) is 11.0 Å². The zero-order valence-corrected chi connectivity index (χ0v) is 15.8. The molecule has 3 heterocycles. The molecular weight excluding hydrogens is 385 g/mol. The molecule has 8 nitrogen and oxygen atoms in total. The summed E-state index contributed by atoms with van der Waals surface area (Å²) in [7, 11) is 0. The quantitative estimate of drug-likeness (QED) is 0.535. The van der Waals surface area contributed by atoms with E-state index in [0.29, 0.717) is 22.9 Å². The molecule has 0 saturated heterocycles. The molecule has 0 radical (unpaired) electrons. The van der Waals surface area contributed by atoms with Gasteiger partial charge in [0.05, 0.1) is 11.6 Å². The second kappa shape index (κ2) is 7.67. The van der Waals surface area contributed by atoms with Gasteiger partial charge in [0.25, 0.3) is 0 Å². The number of amides is 2. The van der Waals surface area contributed by atoms with Gasteiger partial charge in [-0.25, -0.2) is 19.2 Å². The number of hydrogen-bond acceptors (Lipinski definition) is 5. The van der Waals surface area contributed by atoms with E-state index in [1.165, 1.54) is 0 Å². The van der Waals surface area contributed by atoms with E-state index >= 15 is 0 Å². The summed E-state index contributed by atoms with van der Waals surface area (Å²) in [5, 5.41) is 10.2. The maximum atomic E-state index is 14.4. The molecule has 0 bridgehead atoms. The number of H-pyrrole nitrogens is 1. The Balaban J connectivity index is 1.55. The van der Waals surface area contributed by atoms with Gasteiger partial charge in [0, 0.05) is 35.4 Å². The SMILES string of the molecule is NC(=O)N[C@@H]1CCC[C@H](NC2=C(F)CNC(c3c[nH]c4ncc(Cl)cc34)=N2)C1. The summed E-state index contributed by atoms with van der Waals surface area (Å²) in [4.78, 5) is 22.9. The number of halogens is 2. The number of rotatable bonds is 4. The van der Waals surface area contributed by atoms with Crippen molar-refractivity contribution in [3.8, 4) is 0 Å². The average Bonchev–Trinajstić information content (AvgIpc) is 3.06. The number of hydrogen-bond donors (Lipinski definition) is 5. The van der Waals surface area contributed by atoms with Crippen molar-refractivity contribution in [3.63, 3.8) is 0 Å². The number of nitrogens with zero attached hydrogens (tertiary/aromatic N) is 2. The molecule has 4 rings (SSSR count). The monoisotopic (exact) mass is 405 g/mol. The highest BCUT2D eigenvalue weighted by Gasteiger charge is 2.26. The van der Waals surface area contributed by atoms with E-state index in [4.69, 9.17) is 17.3 Å². The third-order valence-corrected chi connectivity index (χ3v) is 5.21. The van der Waals surface area contributed by atoms with Gasteiger partial charge in [-0.15, -0.1) is 0 Å². The van der Waals surface area contributed by atoms with Crippen molar-refractivity contribution in [2.75, 3.05) is 6.54 Å². The summed E-state index contributed by atoms with van der Waals surface area (Å²) in [5.74, 6) is 0.398. The van der Waals surface area contributed by atoms with Gasteiger partial charge in [-0.05, 0) is 31.7 Å². The van der Waals surface area contributed by atoms with Gasteiger partial charge in [-0.3, -0.25) is 0 Å². The van der Waals surface area contributed by atoms with Gasteiger partial charge < -0.3 is 26.7 Å². The molecule has 148 valence electrons. The molecule has 1 aliphatic carbocycles. The second-order valence-electron chi connectivity index (χ2n) is 7.03. The van der Waals surface area contributed by atoms with Gasteiger partial charge in [-0.1, -0.05) is 11.6 Å². The number of carbonyl (C=O) groups is 1. The summed E-state index contributed by atoms with van der Waals surface area (Å²) >= 11 is 6.06. The van der Waals surface area contributed by atoms with E-state index in [9.17, 15) is 9.18 Å². The van der Waals surface area contributed by atoms with Crippen LogP contribution in [-0.2, 0) is 0 Å². The molecule has 6 N–H and O–H groups in total. The Morgan fingerprint density at radius 1 is 1.36 bits per heavy atom. The smallest absolute Gasteiger partial charge is 0.312 e. The molecule has 2 aliphatic rings. The summed E-state index contributed by atoms with van der Waals surface area (Å²) in [6.45, 7) is 0.0392.